The molecule has 56 valence electrons. The molecule has 10 heavy (non-hydrogen) atoms. The molecule has 0 saturated heterocycles. The van der Waals surface area contributed by atoms with Gasteiger partial charge >= 0.3 is 0 Å². The van der Waals surface area contributed by atoms with Gasteiger partial charge < -0.3 is 4.42 Å². The SMILES string of the molecule is CCCCc1ccoc1I. The van der Waals surface area contributed by atoms with E-state index in [1.807, 2.05) is 0 Å². The van der Waals surface area contributed by atoms with Gasteiger partial charge in [0.1, 0.15) is 0 Å². The summed E-state index contributed by atoms with van der Waals surface area (Å²) >= 11 is 2.23. The van der Waals surface area contributed by atoms with Crippen molar-refractivity contribution in [2.75, 3.05) is 0 Å². The Bertz CT molecular complexity index is 193. The summed E-state index contributed by atoms with van der Waals surface area (Å²) in [5.74, 6) is 0. The highest BCUT2D eigenvalue weighted by molar-refractivity contribution is 14.1. The first-order valence-corrected chi connectivity index (χ1v) is 4.64. The van der Waals surface area contributed by atoms with Crippen LogP contribution in [0.3, 0.4) is 0 Å². The maximum Gasteiger partial charge on any atom is 0.166 e. The Morgan fingerprint density at radius 2 is 2.40 bits per heavy atom. The smallest absolute Gasteiger partial charge is 0.166 e. The van der Waals surface area contributed by atoms with Crippen molar-refractivity contribution in [1.82, 2.24) is 0 Å². The third-order valence-corrected chi connectivity index (χ3v) is 2.44. The molecule has 0 bridgehead atoms. The lowest BCUT2D eigenvalue weighted by Gasteiger charge is -1.93. The lowest BCUT2D eigenvalue weighted by atomic mass is 10.2. The third kappa shape index (κ3) is 2.01. The largest absolute Gasteiger partial charge is 0.458 e. The van der Waals surface area contributed by atoms with E-state index in [9.17, 15) is 0 Å². The fourth-order valence-corrected chi connectivity index (χ4v) is 1.46. The normalized spacial score (nSPS) is 10.2. The topological polar surface area (TPSA) is 13.1 Å². The molecule has 0 spiro atoms. The van der Waals surface area contributed by atoms with Crippen LogP contribution in [0.25, 0.3) is 0 Å². The first kappa shape index (κ1) is 8.11. The summed E-state index contributed by atoms with van der Waals surface area (Å²) < 4.78 is 6.20. The Kier molecular flexibility index (Phi) is 3.25. The van der Waals surface area contributed by atoms with Crippen molar-refractivity contribution in [1.29, 1.82) is 0 Å². The number of rotatable bonds is 3. The molecule has 2 heteroatoms. The van der Waals surface area contributed by atoms with Crippen molar-refractivity contribution in [2.45, 2.75) is 26.2 Å². The van der Waals surface area contributed by atoms with Gasteiger partial charge in [-0.25, -0.2) is 0 Å². The predicted molar refractivity (Wildman–Crippen MR) is 50.0 cm³/mol. The number of unbranched alkanes of at least 4 members (excludes halogenated alkanes) is 1. The maximum absolute atomic E-state index is 5.15. The molecule has 0 aliphatic heterocycles. The van der Waals surface area contributed by atoms with Crippen LogP contribution in [-0.4, -0.2) is 0 Å². The molecule has 0 aliphatic rings. The molecule has 0 fully saturated rings. The summed E-state index contributed by atoms with van der Waals surface area (Å²) in [6.45, 7) is 2.20. The fraction of sp³-hybridized carbons (Fsp3) is 0.500. The summed E-state index contributed by atoms with van der Waals surface area (Å²) in [5.41, 5.74) is 1.35. The van der Waals surface area contributed by atoms with Crippen LogP contribution in [0.2, 0.25) is 0 Å². The van der Waals surface area contributed by atoms with Crippen LogP contribution >= 0.6 is 22.6 Å². The average Bonchev–Trinajstić information content (AvgIpc) is 2.31. The molecule has 0 aromatic carbocycles. The van der Waals surface area contributed by atoms with Gasteiger partial charge in [-0.3, -0.25) is 0 Å². The lowest BCUT2D eigenvalue weighted by Crippen LogP contribution is -1.82. The molecular formula is C8H11IO. The highest BCUT2D eigenvalue weighted by atomic mass is 127. The van der Waals surface area contributed by atoms with E-state index in [0.29, 0.717) is 0 Å². The number of aryl methyl sites for hydroxylation is 1. The number of furan rings is 1. The van der Waals surface area contributed by atoms with Gasteiger partial charge in [-0.2, -0.15) is 0 Å². The zero-order chi connectivity index (χ0) is 7.40. The van der Waals surface area contributed by atoms with Crippen molar-refractivity contribution < 1.29 is 4.42 Å². The summed E-state index contributed by atoms with van der Waals surface area (Å²) in [4.78, 5) is 0. The van der Waals surface area contributed by atoms with E-state index in [1.54, 1.807) is 6.26 Å². The van der Waals surface area contributed by atoms with Gasteiger partial charge in [-0.05, 0) is 41.5 Å². The van der Waals surface area contributed by atoms with Crippen molar-refractivity contribution in [3.63, 3.8) is 0 Å². The molecule has 0 saturated carbocycles. The van der Waals surface area contributed by atoms with Gasteiger partial charge in [0.2, 0.25) is 0 Å². The molecule has 0 atom stereocenters. The zero-order valence-electron chi connectivity index (χ0n) is 6.06. The molecular weight excluding hydrogens is 239 g/mol. The second kappa shape index (κ2) is 4.01. The second-order valence-electron chi connectivity index (χ2n) is 2.32. The number of hydrogen-bond acceptors (Lipinski definition) is 1. The Morgan fingerprint density at radius 3 is 2.90 bits per heavy atom. The van der Waals surface area contributed by atoms with E-state index >= 15 is 0 Å². The Hall–Kier alpha value is 0.01000. The molecule has 1 aromatic heterocycles. The third-order valence-electron chi connectivity index (χ3n) is 1.49. The van der Waals surface area contributed by atoms with E-state index < -0.39 is 0 Å². The van der Waals surface area contributed by atoms with E-state index in [-0.39, 0.29) is 0 Å². The van der Waals surface area contributed by atoms with Crippen LogP contribution in [0.4, 0.5) is 0 Å². The minimum atomic E-state index is 1.05. The molecule has 1 rings (SSSR count). The molecule has 1 heterocycles. The summed E-state index contributed by atoms with van der Waals surface area (Å²) in [7, 11) is 0. The number of halogens is 1. The van der Waals surface area contributed by atoms with Gasteiger partial charge in [0, 0.05) is 5.56 Å². The summed E-state index contributed by atoms with van der Waals surface area (Å²) in [5, 5.41) is 0. The molecule has 0 radical (unpaired) electrons. The predicted octanol–water partition coefficient (Wildman–Crippen LogP) is 3.23. The van der Waals surface area contributed by atoms with Crippen LogP contribution in [0.15, 0.2) is 16.7 Å². The minimum Gasteiger partial charge on any atom is -0.458 e. The van der Waals surface area contributed by atoms with Crippen molar-refractivity contribution >= 4 is 22.6 Å². The monoisotopic (exact) mass is 250 g/mol. The van der Waals surface area contributed by atoms with Gasteiger partial charge in [-0.1, -0.05) is 13.3 Å². The van der Waals surface area contributed by atoms with Crippen LogP contribution in [0, 0.1) is 3.77 Å². The van der Waals surface area contributed by atoms with Gasteiger partial charge in [-0.15, -0.1) is 0 Å². The van der Waals surface area contributed by atoms with Crippen molar-refractivity contribution in [3.05, 3.63) is 21.7 Å². The summed E-state index contributed by atoms with van der Waals surface area (Å²) in [6, 6.07) is 2.05. The van der Waals surface area contributed by atoms with Crippen LogP contribution in [0.1, 0.15) is 25.3 Å². The van der Waals surface area contributed by atoms with Crippen molar-refractivity contribution in [3.8, 4) is 0 Å². The molecule has 1 nitrogen and oxygen atoms in total. The Morgan fingerprint density at radius 1 is 1.60 bits per heavy atom. The van der Waals surface area contributed by atoms with Gasteiger partial charge in [0.15, 0.2) is 3.77 Å². The van der Waals surface area contributed by atoms with Crippen LogP contribution in [0.5, 0.6) is 0 Å². The first-order valence-electron chi connectivity index (χ1n) is 3.56. The molecule has 0 unspecified atom stereocenters. The van der Waals surface area contributed by atoms with Gasteiger partial charge in [0.05, 0.1) is 6.26 Å². The van der Waals surface area contributed by atoms with E-state index in [0.717, 1.165) is 10.2 Å². The maximum atomic E-state index is 5.15. The van der Waals surface area contributed by atoms with E-state index in [2.05, 4.69) is 35.6 Å². The number of hydrogen-bond donors (Lipinski definition) is 0. The molecule has 0 N–H and O–H groups in total. The van der Waals surface area contributed by atoms with E-state index in [1.165, 1.54) is 18.4 Å². The molecule has 0 aliphatic carbocycles. The lowest BCUT2D eigenvalue weighted by molar-refractivity contribution is 0.532. The van der Waals surface area contributed by atoms with Crippen LogP contribution < -0.4 is 0 Å². The van der Waals surface area contributed by atoms with Crippen molar-refractivity contribution in [2.24, 2.45) is 0 Å². The highest BCUT2D eigenvalue weighted by Gasteiger charge is 1.99. The minimum absolute atomic E-state index is 1.05. The highest BCUT2D eigenvalue weighted by Crippen LogP contribution is 2.15. The molecule has 0 amide bonds. The quantitative estimate of drug-likeness (QED) is 0.750. The van der Waals surface area contributed by atoms with E-state index in [4.69, 9.17) is 4.42 Å². The standard InChI is InChI=1S/C8H11IO/c1-2-3-4-7-5-6-10-8(7)9/h5-6H,2-4H2,1H3. The van der Waals surface area contributed by atoms with Crippen LogP contribution in [-0.2, 0) is 6.42 Å². The zero-order valence-corrected chi connectivity index (χ0v) is 8.22. The second-order valence-corrected chi connectivity index (χ2v) is 3.30. The summed E-state index contributed by atoms with van der Waals surface area (Å²) in [6.07, 6.45) is 5.43. The first-order chi connectivity index (χ1) is 4.84. The fourth-order valence-electron chi connectivity index (χ4n) is 0.866. The molecule has 1 aromatic rings. The average molecular weight is 250 g/mol. The Balaban J connectivity index is 2.49. The van der Waals surface area contributed by atoms with Gasteiger partial charge in [0.25, 0.3) is 0 Å². The Labute approximate surface area is 74.9 Å².